The fraction of sp³-hybridized carbons (Fsp3) is 0.423. The van der Waals surface area contributed by atoms with Crippen molar-refractivity contribution in [2.24, 2.45) is 0 Å². The standard InChI is InChI=1S/C26H24F2N6O/c1-13-14(2)31-24-23(30-13)22(19-6-3-16(27)7-20(19)28)32-25(33-24)26-8-18(9-26)35-21(10-26)15-11-29-34(12-15)17-4-5-17/h3,6-7,11-12,17-18,21H,4-5,8-10H2,1-2H3/t18?,21-,26?/m0/s1. The second-order valence-electron chi connectivity index (χ2n) is 10.2. The average molecular weight is 475 g/mol. The van der Waals surface area contributed by atoms with Crippen molar-refractivity contribution in [3.8, 4) is 11.3 Å². The Kier molecular flexibility index (Phi) is 4.40. The van der Waals surface area contributed by atoms with Crippen LogP contribution in [0, 0.1) is 25.5 Å². The van der Waals surface area contributed by atoms with E-state index in [0.29, 0.717) is 28.7 Å². The summed E-state index contributed by atoms with van der Waals surface area (Å²) in [4.78, 5) is 19.0. The van der Waals surface area contributed by atoms with Gasteiger partial charge in [-0.1, -0.05) is 0 Å². The highest BCUT2D eigenvalue weighted by atomic mass is 19.1. The molecule has 2 aliphatic carbocycles. The van der Waals surface area contributed by atoms with E-state index in [1.807, 2.05) is 24.7 Å². The third-order valence-corrected chi connectivity index (χ3v) is 7.69. The van der Waals surface area contributed by atoms with Crippen molar-refractivity contribution in [2.75, 3.05) is 0 Å². The maximum Gasteiger partial charge on any atom is 0.182 e. The number of rotatable bonds is 4. The number of aromatic nitrogens is 6. The molecular weight excluding hydrogens is 450 g/mol. The van der Waals surface area contributed by atoms with Gasteiger partial charge in [-0.25, -0.2) is 28.7 Å². The smallest absolute Gasteiger partial charge is 0.182 e. The molecule has 2 saturated carbocycles. The van der Waals surface area contributed by atoms with E-state index in [2.05, 4.69) is 21.3 Å². The van der Waals surface area contributed by atoms with Crippen LogP contribution in [0.2, 0.25) is 0 Å². The van der Waals surface area contributed by atoms with Crippen molar-refractivity contribution in [3.63, 3.8) is 0 Å². The van der Waals surface area contributed by atoms with Crippen molar-refractivity contribution in [1.29, 1.82) is 0 Å². The van der Waals surface area contributed by atoms with Crippen LogP contribution in [0.25, 0.3) is 22.4 Å². The van der Waals surface area contributed by atoms with Crippen LogP contribution < -0.4 is 0 Å². The summed E-state index contributed by atoms with van der Waals surface area (Å²) < 4.78 is 36.9. The van der Waals surface area contributed by atoms with Crippen molar-refractivity contribution in [2.45, 2.75) is 69.6 Å². The lowest BCUT2D eigenvalue weighted by molar-refractivity contribution is -0.161. The van der Waals surface area contributed by atoms with E-state index in [-0.39, 0.29) is 23.2 Å². The molecule has 0 amide bonds. The molecule has 4 aliphatic rings. The topological polar surface area (TPSA) is 78.6 Å². The van der Waals surface area contributed by atoms with Crippen molar-refractivity contribution in [3.05, 3.63) is 65.0 Å². The Labute approximate surface area is 200 Å². The fourth-order valence-electron chi connectivity index (χ4n) is 5.46. The number of hydrogen-bond acceptors (Lipinski definition) is 6. The lowest BCUT2D eigenvalue weighted by Crippen LogP contribution is -2.53. The largest absolute Gasteiger partial charge is 0.370 e. The van der Waals surface area contributed by atoms with Crippen LogP contribution in [0.3, 0.4) is 0 Å². The summed E-state index contributed by atoms with van der Waals surface area (Å²) in [5, 5.41) is 4.53. The average Bonchev–Trinajstić information content (AvgIpc) is 3.55. The summed E-state index contributed by atoms with van der Waals surface area (Å²) in [5.41, 5.74) is 3.65. The van der Waals surface area contributed by atoms with Crippen LogP contribution >= 0.6 is 0 Å². The van der Waals surface area contributed by atoms with Gasteiger partial charge < -0.3 is 4.74 Å². The van der Waals surface area contributed by atoms with E-state index in [9.17, 15) is 8.78 Å². The van der Waals surface area contributed by atoms with E-state index in [1.165, 1.54) is 25.0 Å². The number of nitrogens with zero attached hydrogens (tertiary/aromatic N) is 6. The van der Waals surface area contributed by atoms with Gasteiger partial charge in [0, 0.05) is 28.8 Å². The molecule has 9 heteroatoms. The molecule has 5 heterocycles. The summed E-state index contributed by atoms with van der Waals surface area (Å²) in [5.74, 6) is -0.694. The van der Waals surface area contributed by atoms with Gasteiger partial charge in [0.15, 0.2) is 5.65 Å². The number of fused-ring (bicyclic) bond motifs is 3. The van der Waals surface area contributed by atoms with Crippen molar-refractivity contribution < 1.29 is 13.5 Å². The van der Waals surface area contributed by atoms with Gasteiger partial charge in [0.1, 0.15) is 28.7 Å². The molecular formula is C26H24F2N6O. The Morgan fingerprint density at radius 3 is 2.57 bits per heavy atom. The van der Waals surface area contributed by atoms with E-state index < -0.39 is 11.6 Å². The zero-order valence-corrected chi connectivity index (χ0v) is 19.5. The summed E-state index contributed by atoms with van der Waals surface area (Å²) >= 11 is 0. The van der Waals surface area contributed by atoms with Gasteiger partial charge in [0.05, 0.1) is 35.8 Å². The predicted molar refractivity (Wildman–Crippen MR) is 124 cm³/mol. The SMILES string of the molecule is Cc1nc2nc(C34CC(C3)O[C@H](c3cnn(C5CC5)c3)C4)nc(-c3ccc(F)cc3F)c2nc1C. The van der Waals surface area contributed by atoms with E-state index in [1.54, 1.807) is 0 Å². The Balaban J connectivity index is 1.34. The third-order valence-electron chi connectivity index (χ3n) is 7.69. The Morgan fingerprint density at radius 1 is 1.00 bits per heavy atom. The second kappa shape index (κ2) is 7.34. The number of aryl methyl sites for hydroxylation is 2. The summed E-state index contributed by atoms with van der Waals surface area (Å²) in [6.45, 7) is 3.72. The molecule has 0 N–H and O–H groups in total. The predicted octanol–water partition coefficient (Wildman–Crippen LogP) is 5.08. The van der Waals surface area contributed by atoms with Crippen molar-refractivity contribution >= 4 is 11.2 Å². The minimum atomic E-state index is -0.683. The zero-order chi connectivity index (χ0) is 23.9. The molecule has 0 spiro atoms. The lowest BCUT2D eigenvalue weighted by Gasteiger charge is -2.53. The summed E-state index contributed by atoms with van der Waals surface area (Å²) in [7, 11) is 0. The molecule has 3 aromatic heterocycles. The zero-order valence-electron chi connectivity index (χ0n) is 19.5. The molecule has 35 heavy (non-hydrogen) atoms. The van der Waals surface area contributed by atoms with Gasteiger partial charge in [-0.3, -0.25) is 4.68 Å². The van der Waals surface area contributed by atoms with Crippen LogP contribution in [0.15, 0.2) is 30.6 Å². The molecule has 1 atom stereocenters. The Hall–Kier alpha value is -3.33. The maximum atomic E-state index is 14.9. The van der Waals surface area contributed by atoms with E-state index in [4.69, 9.17) is 14.7 Å². The first-order valence-electron chi connectivity index (χ1n) is 12.1. The van der Waals surface area contributed by atoms with Crippen LogP contribution in [0.4, 0.5) is 8.78 Å². The Morgan fingerprint density at radius 2 is 1.80 bits per heavy atom. The Bertz CT molecular complexity index is 1490. The molecule has 8 rings (SSSR count). The highest BCUT2D eigenvalue weighted by Crippen LogP contribution is 2.56. The van der Waals surface area contributed by atoms with Gasteiger partial charge in [-0.05, 0) is 58.1 Å². The number of benzene rings is 1. The van der Waals surface area contributed by atoms with Gasteiger partial charge in [0.25, 0.3) is 0 Å². The maximum absolute atomic E-state index is 14.9. The summed E-state index contributed by atoms with van der Waals surface area (Å²) in [6, 6.07) is 4.03. The first-order chi connectivity index (χ1) is 16.9. The van der Waals surface area contributed by atoms with E-state index >= 15 is 0 Å². The fourth-order valence-corrected chi connectivity index (χ4v) is 5.46. The highest BCUT2D eigenvalue weighted by Gasteiger charge is 2.55. The molecule has 0 unspecified atom stereocenters. The quantitative estimate of drug-likeness (QED) is 0.411. The monoisotopic (exact) mass is 474 g/mol. The van der Waals surface area contributed by atoms with Gasteiger partial charge in [-0.15, -0.1) is 0 Å². The lowest BCUT2D eigenvalue weighted by atomic mass is 9.60. The molecule has 2 saturated heterocycles. The minimum Gasteiger partial charge on any atom is -0.370 e. The molecule has 7 nitrogen and oxygen atoms in total. The third kappa shape index (κ3) is 3.36. The highest BCUT2D eigenvalue weighted by molar-refractivity contribution is 5.87. The molecule has 2 aliphatic heterocycles. The first kappa shape index (κ1) is 21.0. The van der Waals surface area contributed by atoms with Crippen LogP contribution in [0.5, 0.6) is 0 Å². The van der Waals surface area contributed by atoms with E-state index in [0.717, 1.165) is 42.3 Å². The van der Waals surface area contributed by atoms with Crippen LogP contribution in [0.1, 0.15) is 67.0 Å². The number of ether oxygens (including phenoxy) is 1. The minimum absolute atomic E-state index is 0.0915. The normalized spacial score (nSPS) is 25.6. The second-order valence-corrected chi connectivity index (χ2v) is 10.2. The molecule has 1 aromatic carbocycles. The summed E-state index contributed by atoms with van der Waals surface area (Å²) in [6.07, 6.45) is 8.69. The van der Waals surface area contributed by atoms with Gasteiger partial charge in [-0.2, -0.15) is 5.10 Å². The first-order valence-corrected chi connectivity index (χ1v) is 12.1. The van der Waals surface area contributed by atoms with Gasteiger partial charge in [0.2, 0.25) is 0 Å². The number of halogens is 2. The van der Waals surface area contributed by atoms with Crippen molar-refractivity contribution in [1.82, 2.24) is 29.7 Å². The molecule has 0 radical (unpaired) electrons. The van der Waals surface area contributed by atoms with Crippen LogP contribution in [-0.4, -0.2) is 35.8 Å². The number of hydrogen-bond donors (Lipinski definition) is 0. The molecule has 4 fully saturated rings. The molecule has 178 valence electrons. The molecule has 4 aromatic rings. The van der Waals surface area contributed by atoms with Crippen LogP contribution in [-0.2, 0) is 10.2 Å². The van der Waals surface area contributed by atoms with Gasteiger partial charge >= 0.3 is 0 Å². The molecule has 2 bridgehead atoms.